The van der Waals surface area contributed by atoms with E-state index < -0.39 is 10.8 Å². The molecule has 0 N–H and O–H groups in total. The highest BCUT2D eigenvalue weighted by atomic mass is 79.9. The molecule has 2 nitrogen and oxygen atoms in total. The molecule has 19 heavy (non-hydrogen) atoms. The maximum Gasteiger partial charge on any atom is 0.176 e. The summed E-state index contributed by atoms with van der Waals surface area (Å²) in [6.45, 7) is 0. The molecule has 0 fully saturated rings. The van der Waals surface area contributed by atoms with Crippen molar-refractivity contribution in [2.24, 2.45) is 0 Å². The first-order chi connectivity index (χ1) is 9.09. The first-order valence-corrected chi connectivity index (χ1v) is 7.99. The normalized spacial score (nSPS) is 12.1. The molecule has 0 aliphatic carbocycles. The highest BCUT2D eigenvalue weighted by Crippen LogP contribution is 2.21. The van der Waals surface area contributed by atoms with E-state index in [2.05, 4.69) is 15.9 Å². The predicted molar refractivity (Wildman–Crippen MR) is 81.2 cm³/mol. The number of ketones is 1. The van der Waals surface area contributed by atoms with Crippen molar-refractivity contribution in [2.75, 3.05) is 5.75 Å². The van der Waals surface area contributed by atoms with Crippen molar-refractivity contribution < 1.29 is 9.00 Å². The van der Waals surface area contributed by atoms with Crippen LogP contribution in [0.5, 0.6) is 0 Å². The molecule has 0 bridgehead atoms. The van der Waals surface area contributed by atoms with Crippen molar-refractivity contribution in [3.05, 3.63) is 63.6 Å². The first kappa shape index (κ1) is 14.4. The number of halogens is 2. The molecule has 1 atom stereocenters. The number of hydrogen-bond donors (Lipinski definition) is 0. The Morgan fingerprint density at radius 3 is 2.42 bits per heavy atom. The second-order valence-corrected chi connectivity index (χ2v) is 6.50. The number of carbonyl (C=O) groups excluding carboxylic acids is 1. The topological polar surface area (TPSA) is 34.1 Å². The fraction of sp³-hybridized carbons (Fsp3) is 0.0714. The molecule has 98 valence electrons. The van der Waals surface area contributed by atoms with Crippen molar-refractivity contribution in [3.8, 4) is 0 Å². The highest BCUT2D eigenvalue weighted by Gasteiger charge is 2.16. The molecule has 0 aliphatic heterocycles. The lowest BCUT2D eigenvalue weighted by molar-refractivity contribution is 0.102. The van der Waals surface area contributed by atoms with Crippen LogP contribution < -0.4 is 0 Å². The summed E-state index contributed by atoms with van der Waals surface area (Å²) in [6, 6.07) is 13.9. The lowest BCUT2D eigenvalue weighted by Gasteiger charge is -2.05. The van der Waals surface area contributed by atoms with Crippen LogP contribution in [0.15, 0.2) is 57.9 Å². The molecule has 2 aromatic rings. The van der Waals surface area contributed by atoms with Gasteiger partial charge >= 0.3 is 0 Å². The molecule has 0 heterocycles. The smallest absolute Gasteiger partial charge is 0.176 e. The largest absolute Gasteiger partial charge is 0.293 e. The van der Waals surface area contributed by atoms with E-state index in [-0.39, 0.29) is 11.5 Å². The Morgan fingerprint density at radius 1 is 1.11 bits per heavy atom. The van der Waals surface area contributed by atoms with Crippen LogP contribution in [0.4, 0.5) is 0 Å². The number of benzene rings is 2. The van der Waals surface area contributed by atoms with Gasteiger partial charge in [-0.15, -0.1) is 0 Å². The van der Waals surface area contributed by atoms with Crippen LogP contribution in [-0.4, -0.2) is 15.7 Å². The fourth-order valence-corrected chi connectivity index (χ4v) is 3.56. The van der Waals surface area contributed by atoms with Gasteiger partial charge in [0.25, 0.3) is 0 Å². The van der Waals surface area contributed by atoms with E-state index in [1.54, 1.807) is 42.5 Å². The maximum absolute atomic E-state index is 12.2. The van der Waals surface area contributed by atoms with Crippen LogP contribution in [0.1, 0.15) is 10.4 Å². The van der Waals surface area contributed by atoms with Gasteiger partial charge in [-0.1, -0.05) is 57.9 Å². The molecular weight excluding hydrogens is 348 g/mol. The van der Waals surface area contributed by atoms with Crippen LogP contribution in [0.25, 0.3) is 0 Å². The molecule has 0 amide bonds. The van der Waals surface area contributed by atoms with E-state index in [9.17, 15) is 9.00 Å². The summed E-state index contributed by atoms with van der Waals surface area (Å²) in [5, 5.41) is 0.417. The van der Waals surface area contributed by atoms with Gasteiger partial charge in [0.15, 0.2) is 5.78 Å². The van der Waals surface area contributed by atoms with Gasteiger partial charge in [-0.2, -0.15) is 0 Å². The molecule has 0 aromatic heterocycles. The van der Waals surface area contributed by atoms with Crippen LogP contribution in [0.3, 0.4) is 0 Å². The van der Waals surface area contributed by atoms with Gasteiger partial charge < -0.3 is 0 Å². The molecule has 0 radical (unpaired) electrons. The second kappa shape index (κ2) is 6.46. The molecule has 2 rings (SSSR count). The summed E-state index contributed by atoms with van der Waals surface area (Å²) >= 11 is 9.28. The van der Waals surface area contributed by atoms with Crippen molar-refractivity contribution in [2.45, 2.75) is 4.90 Å². The third-order valence-electron chi connectivity index (χ3n) is 2.52. The first-order valence-electron chi connectivity index (χ1n) is 5.50. The maximum atomic E-state index is 12.2. The van der Waals surface area contributed by atoms with E-state index in [1.165, 1.54) is 0 Å². The number of rotatable bonds is 4. The third kappa shape index (κ3) is 3.53. The van der Waals surface area contributed by atoms with E-state index in [1.807, 2.05) is 6.07 Å². The minimum atomic E-state index is -1.44. The van der Waals surface area contributed by atoms with Crippen molar-refractivity contribution in [1.82, 2.24) is 0 Å². The van der Waals surface area contributed by atoms with E-state index in [0.29, 0.717) is 20.0 Å². The van der Waals surface area contributed by atoms with Crippen molar-refractivity contribution in [3.63, 3.8) is 0 Å². The lowest BCUT2D eigenvalue weighted by Crippen LogP contribution is -2.12. The van der Waals surface area contributed by atoms with Gasteiger partial charge in [0.05, 0.1) is 26.5 Å². The fourth-order valence-electron chi connectivity index (χ4n) is 1.59. The molecule has 5 heteroatoms. The molecule has 0 saturated heterocycles. The molecule has 2 aromatic carbocycles. The van der Waals surface area contributed by atoms with Crippen molar-refractivity contribution in [1.29, 1.82) is 0 Å². The Kier molecular flexibility index (Phi) is 4.91. The second-order valence-electron chi connectivity index (χ2n) is 3.82. The standard InChI is InChI=1S/C14H10BrClO2S/c15-11-6-2-1-5-10(11)13(17)9-19(18)14-8-4-3-7-12(14)16/h1-8H,9H2. The summed E-state index contributed by atoms with van der Waals surface area (Å²) in [7, 11) is -1.44. The minimum Gasteiger partial charge on any atom is -0.293 e. The Bertz CT molecular complexity index is 587. The average molecular weight is 358 g/mol. The summed E-state index contributed by atoms with van der Waals surface area (Å²) < 4.78 is 12.9. The zero-order valence-corrected chi connectivity index (χ0v) is 13.0. The average Bonchev–Trinajstić information content (AvgIpc) is 2.39. The van der Waals surface area contributed by atoms with Gasteiger partial charge in [0, 0.05) is 10.0 Å². The molecule has 0 aliphatic rings. The van der Waals surface area contributed by atoms with E-state index >= 15 is 0 Å². The monoisotopic (exact) mass is 356 g/mol. The zero-order chi connectivity index (χ0) is 13.8. The SMILES string of the molecule is O=C(CS(=O)c1ccccc1Cl)c1ccccc1Br. The third-order valence-corrected chi connectivity index (χ3v) is 5.02. The summed E-state index contributed by atoms with van der Waals surface area (Å²) in [5.74, 6) is -0.252. The number of carbonyl (C=O) groups is 1. The molecular formula is C14H10BrClO2S. The molecule has 1 unspecified atom stereocenters. The molecule has 0 saturated carbocycles. The van der Waals surface area contributed by atoms with Gasteiger partial charge in [-0.3, -0.25) is 9.00 Å². The lowest BCUT2D eigenvalue weighted by atomic mass is 10.1. The predicted octanol–water partition coefficient (Wildman–Crippen LogP) is 4.09. The van der Waals surface area contributed by atoms with Crippen molar-refractivity contribution >= 4 is 44.1 Å². The Labute approximate surface area is 127 Å². The summed E-state index contributed by atoms with van der Waals surface area (Å²) in [5.41, 5.74) is 0.530. The van der Waals surface area contributed by atoms with Gasteiger partial charge in [0.1, 0.15) is 0 Å². The molecule has 0 spiro atoms. The highest BCUT2D eigenvalue weighted by molar-refractivity contribution is 9.10. The van der Waals surface area contributed by atoms with E-state index in [4.69, 9.17) is 11.6 Å². The number of hydrogen-bond acceptors (Lipinski definition) is 2. The summed E-state index contributed by atoms with van der Waals surface area (Å²) in [6.07, 6.45) is 0. The Hall–Kier alpha value is -0.970. The minimum absolute atomic E-state index is 0.0770. The van der Waals surface area contributed by atoms with Gasteiger partial charge in [0.2, 0.25) is 0 Å². The van der Waals surface area contributed by atoms with Gasteiger partial charge in [-0.25, -0.2) is 0 Å². The van der Waals surface area contributed by atoms with Crippen LogP contribution in [0.2, 0.25) is 5.02 Å². The summed E-state index contributed by atoms with van der Waals surface area (Å²) in [4.78, 5) is 12.6. The number of Topliss-reactive ketones (excluding diaryl/α,β-unsaturated/α-hetero) is 1. The van der Waals surface area contributed by atoms with E-state index in [0.717, 1.165) is 0 Å². The van der Waals surface area contributed by atoms with Crippen LogP contribution >= 0.6 is 27.5 Å². The quantitative estimate of drug-likeness (QED) is 0.772. The zero-order valence-electron chi connectivity index (χ0n) is 9.81. The Morgan fingerprint density at radius 2 is 1.74 bits per heavy atom. The van der Waals surface area contributed by atoms with Crippen LogP contribution in [-0.2, 0) is 10.8 Å². The Balaban J connectivity index is 2.19. The van der Waals surface area contributed by atoms with Gasteiger partial charge in [-0.05, 0) is 18.2 Å². The van der Waals surface area contributed by atoms with Crippen LogP contribution in [0, 0.1) is 0 Å².